The van der Waals surface area contributed by atoms with Gasteiger partial charge < -0.3 is 14.2 Å². The van der Waals surface area contributed by atoms with Crippen molar-refractivity contribution < 1.29 is 14.0 Å². The fourth-order valence-corrected chi connectivity index (χ4v) is 3.08. The first-order valence-corrected chi connectivity index (χ1v) is 8.14. The van der Waals surface area contributed by atoms with Gasteiger partial charge >= 0.3 is 0 Å². The molecule has 128 valence electrons. The number of nitrogens with zero attached hydrogens (tertiary/aromatic N) is 2. The summed E-state index contributed by atoms with van der Waals surface area (Å²) in [6.45, 7) is 7.49. The van der Waals surface area contributed by atoms with E-state index in [1.165, 1.54) is 0 Å². The van der Waals surface area contributed by atoms with E-state index in [4.69, 9.17) is 4.42 Å². The monoisotopic (exact) mass is 320 g/mol. The van der Waals surface area contributed by atoms with Gasteiger partial charge in [0.15, 0.2) is 5.78 Å². The molecule has 1 aliphatic carbocycles. The van der Waals surface area contributed by atoms with Crippen molar-refractivity contribution in [2.75, 3.05) is 34.2 Å². The maximum atomic E-state index is 12.5. The van der Waals surface area contributed by atoms with Crippen molar-refractivity contribution in [3.05, 3.63) is 22.6 Å². The molecule has 0 atom stereocenters. The average molecular weight is 320 g/mol. The van der Waals surface area contributed by atoms with Crippen molar-refractivity contribution >= 4 is 11.7 Å². The second kappa shape index (κ2) is 6.48. The van der Waals surface area contributed by atoms with Crippen LogP contribution in [0.4, 0.5) is 0 Å². The van der Waals surface area contributed by atoms with Crippen LogP contribution in [0.25, 0.3) is 0 Å². The number of hydrogen-bond donors (Lipinski definition) is 0. The number of furan rings is 1. The van der Waals surface area contributed by atoms with Gasteiger partial charge in [-0.2, -0.15) is 0 Å². The molecule has 1 aromatic heterocycles. The van der Waals surface area contributed by atoms with E-state index in [9.17, 15) is 9.59 Å². The van der Waals surface area contributed by atoms with Crippen LogP contribution < -0.4 is 0 Å². The maximum absolute atomic E-state index is 12.5. The lowest BCUT2D eigenvalue weighted by Crippen LogP contribution is -2.35. The summed E-state index contributed by atoms with van der Waals surface area (Å²) in [7, 11) is 5.77. The van der Waals surface area contributed by atoms with E-state index < -0.39 is 0 Å². The third-order valence-corrected chi connectivity index (χ3v) is 4.48. The Bertz CT molecular complexity index is 614. The second-order valence-electron chi connectivity index (χ2n) is 7.67. The van der Waals surface area contributed by atoms with E-state index in [0.29, 0.717) is 24.3 Å². The zero-order valence-corrected chi connectivity index (χ0v) is 15.2. The number of ketones is 1. The van der Waals surface area contributed by atoms with Gasteiger partial charge in [0.25, 0.3) is 0 Å². The Morgan fingerprint density at radius 1 is 1.17 bits per heavy atom. The van der Waals surface area contributed by atoms with Gasteiger partial charge in [0.2, 0.25) is 5.91 Å². The third kappa shape index (κ3) is 4.02. The molecule has 0 N–H and O–H groups in total. The highest BCUT2D eigenvalue weighted by Crippen LogP contribution is 2.38. The second-order valence-corrected chi connectivity index (χ2v) is 7.67. The number of amides is 1. The van der Waals surface area contributed by atoms with Gasteiger partial charge in [0.1, 0.15) is 11.5 Å². The van der Waals surface area contributed by atoms with Crippen molar-refractivity contribution in [3.63, 3.8) is 0 Å². The molecule has 5 nitrogen and oxygen atoms in total. The molecule has 0 bridgehead atoms. The lowest BCUT2D eigenvalue weighted by atomic mass is 9.75. The molecule has 0 aliphatic heterocycles. The van der Waals surface area contributed by atoms with Gasteiger partial charge in [0, 0.05) is 38.5 Å². The predicted molar refractivity (Wildman–Crippen MR) is 89.8 cm³/mol. The fraction of sp³-hybridized carbons (Fsp3) is 0.667. The first-order valence-electron chi connectivity index (χ1n) is 8.14. The van der Waals surface area contributed by atoms with Crippen molar-refractivity contribution in [1.29, 1.82) is 0 Å². The van der Waals surface area contributed by atoms with Gasteiger partial charge in [-0.15, -0.1) is 0 Å². The summed E-state index contributed by atoms with van der Waals surface area (Å²) in [5, 5.41) is 0. The Morgan fingerprint density at radius 3 is 2.43 bits per heavy atom. The van der Waals surface area contributed by atoms with Crippen molar-refractivity contribution in [2.45, 2.75) is 40.0 Å². The topological polar surface area (TPSA) is 53.8 Å². The average Bonchev–Trinajstić information content (AvgIpc) is 2.70. The van der Waals surface area contributed by atoms with Crippen molar-refractivity contribution in [2.24, 2.45) is 5.41 Å². The SMILES string of the molecule is Cc1oc2c(c1CC(=O)N(C)CCN(C)C)C(=O)CC(C)(C)C2. The summed E-state index contributed by atoms with van der Waals surface area (Å²) in [4.78, 5) is 28.7. The lowest BCUT2D eigenvalue weighted by Gasteiger charge is -2.27. The molecule has 0 fully saturated rings. The highest BCUT2D eigenvalue weighted by Gasteiger charge is 2.36. The number of hydrogen-bond acceptors (Lipinski definition) is 4. The number of fused-ring (bicyclic) bond motifs is 1. The molecule has 1 heterocycles. The van der Waals surface area contributed by atoms with E-state index in [-0.39, 0.29) is 23.5 Å². The van der Waals surface area contributed by atoms with Crippen molar-refractivity contribution in [3.8, 4) is 0 Å². The van der Waals surface area contributed by atoms with Crippen LogP contribution in [0.1, 0.15) is 47.7 Å². The highest BCUT2D eigenvalue weighted by atomic mass is 16.3. The molecule has 0 saturated carbocycles. The van der Waals surface area contributed by atoms with Crippen LogP contribution in [0.5, 0.6) is 0 Å². The molecule has 1 aromatic rings. The molecule has 1 aliphatic rings. The Morgan fingerprint density at radius 2 is 1.83 bits per heavy atom. The summed E-state index contributed by atoms with van der Waals surface area (Å²) in [6.07, 6.45) is 1.50. The highest BCUT2D eigenvalue weighted by molar-refractivity contribution is 6.01. The van der Waals surface area contributed by atoms with E-state index in [0.717, 1.165) is 24.3 Å². The maximum Gasteiger partial charge on any atom is 0.226 e. The van der Waals surface area contributed by atoms with E-state index in [2.05, 4.69) is 13.8 Å². The van der Waals surface area contributed by atoms with Crippen LogP contribution in [0, 0.1) is 12.3 Å². The quantitative estimate of drug-likeness (QED) is 0.835. The van der Waals surface area contributed by atoms with Gasteiger partial charge in [-0.05, 0) is 26.4 Å². The number of carbonyl (C=O) groups excluding carboxylic acids is 2. The zero-order valence-electron chi connectivity index (χ0n) is 15.2. The Kier molecular flexibility index (Phi) is 4.99. The normalized spacial score (nSPS) is 16.6. The van der Waals surface area contributed by atoms with Crippen LogP contribution >= 0.6 is 0 Å². The first-order chi connectivity index (χ1) is 10.6. The molecule has 0 spiro atoms. The Balaban J connectivity index is 2.17. The van der Waals surface area contributed by atoms with Crippen LogP contribution in [0.2, 0.25) is 0 Å². The summed E-state index contributed by atoms with van der Waals surface area (Å²) >= 11 is 0. The minimum atomic E-state index is -0.0713. The van der Waals surface area contributed by atoms with Gasteiger partial charge in [-0.25, -0.2) is 0 Å². The zero-order chi connectivity index (χ0) is 17.4. The molecule has 1 amide bonds. The molecule has 0 unspecified atom stereocenters. The third-order valence-electron chi connectivity index (χ3n) is 4.48. The van der Waals surface area contributed by atoms with Gasteiger partial charge in [0.05, 0.1) is 12.0 Å². The molecule has 5 heteroatoms. The number of Topliss-reactive ketones (excluding diaryl/α,β-unsaturated/α-hetero) is 1. The predicted octanol–water partition coefficient (Wildman–Crippen LogP) is 2.31. The molecule has 23 heavy (non-hydrogen) atoms. The van der Waals surface area contributed by atoms with Gasteiger partial charge in [-0.3, -0.25) is 9.59 Å². The number of carbonyl (C=O) groups is 2. The minimum Gasteiger partial charge on any atom is -0.465 e. The molecule has 2 rings (SSSR count). The first kappa shape index (κ1) is 17.7. The Labute approximate surface area is 138 Å². The summed E-state index contributed by atoms with van der Waals surface area (Å²) < 4.78 is 5.82. The Hall–Kier alpha value is -1.62. The largest absolute Gasteiger partial charge is 0.465 e. The summed E-state index contributed by atoms with van der Waals surface area (Å²) in [6, 6.07) is 0. The molecular weight excluding hydrogens is 292 g/mol. The molecule has 0 aromatic carbocycles. The number of likely N-dealkylation sites (N-methyl/N-ethyl adjacent to an activating group) is 2. The van der Waals surface area contributed by atoms with E-state index in [1.807, 2.05) is 25.9 Å². The lowest BCUT2D eigenvalue weighted by molar-refractivity contribution is -0.129. The summed E-state index contributed by atoms with van der Waals surface area (Å²) in [5.41, 5.74) is 1.37. The molecule has 0 radical (unpaired) electrons. The van der Waals surface area contributed by atoms with E-state index >= 15 is 0 Å². The fourth-order valence-electron chi connectivity index (χ4n) is 3.08. The van der Waals surface area contributed by atoms with Gasteiger partial charge in [-0.1, -0.05) is 13.8 Å². The smallest absolute Gasteiger partial charge is 0.226 e. The van der Waals surface area contributed by atoms with E-state index in [1.54, 1.807) is 11.9 Å². The number of aryl methyl sites for hydroxylation is 1. The molecule has 0 saturated heterocycles. The van der Waals surface area contributed by atoms with Crippen LogP contribution in [-0.2, 0) is 17.6 Å². The number of rotatable bonds is 5. The minimum absolute atomic E-state index is 0.0242. The van der Waals surface area contributed by atoms with Crippen LogP contribution in [0.15, 0.2) is 4.42 Å². The standard InChI is InChI=1S/C18H28N2O3/c1-12-13(9-16(22)20(6)8-7-19(4)5)17-14(21)10-18(2,3)11-15(17)23-12/h7-11H2,1-6H3. The van der Waals surface area contributed by atoms with Crippen molar-refractivity contribution in [1.82, 2.24) is 9.80 Å². The summed E-state index contributed by atoms with van der Waals surface area (Å²) in [5.74, 6) is 1.58. The molecular formula is C18H28N2O3. The van der Waals surface area contributed by atoms with Crippen LogP contribution in [0.3, 0.4) is 0 Å². The van der Waals surface area contributed by atoms with Crippen LogP contribution in [-0.4, -0.2) is 55.7 Å².